The molecule has 1 N–H and O–H groups in total. The summed E-state index contributed by atoms with van der Waals surface area (Å²) in [5, 5.41) is 2.89. The molecule has 4 nitrogen and oxygen atoms in total. The molecule has 4 heteroatoms. The quantitative estimate of drug-likeness (QED) is 0.917. The van der Waals surface area contributed by atoms with Gasteiger partial charge in [0.1, 0.15) is 0 Å². The third-order valence-corrected chi connectivity index (χ3v) is 4.08. The lowest BCUT2D eigenvalue weighted by Crippen LogP contribution is -2.24. The molecule has 0 bridgehead atoms. The molecule has 0 aliphatic carbocycles. The minimum Gasteiger partial charge on any atom is -0.322 e. The second-order valence-electron chi connectivity index (χ2n) is 5.44. The fourth-order valence-corrected chi connectivity index (χ4v) is 3.14. The minimum absolute atomic E-state index is 0.127. The van der Waals surface area contributed by atoms with E-state index in [-0.39, 0.29) is 11.8 Å². The van der Waals surface area contributed by atoms with E-state index >= 15 is 0 Å². The first kappa shape index (κ1) is 12.1. The molecule has 0 saturated heterocycles. The second-order valence-corrected chi connectivity index (χ2v) is 5.44. The molecule has 0 spiro atoms. The smallest absolute Gasteiger partial charge is 0.255 e. The molecule has 0 aromatic heterocycles. The van der Waals surface area contributed by atoms with Crippen molar-refractivity contribution in [3.05, 3.63) is 59.2 Å². The van der Waals surface area contributed by atoms with E-state index in [0.29, 0.717) is 12.0 Å². The van der Waals surface area contributed by atoms with Gasteiger partial charge in [-0.15, -0.1) is 0 Å². The van der Waals surface area contributed by atoms with Crippen molar-refractivity contribution in [1.82, 2.24) is 0 Å². The summed E-state index contributed by atoms with van der Waals surface area (Å²) >= 11 is 0. The molecule has 2 heterocycles. The normalized spacial score (nSPS) is 15.2. The molecule has 2 amide bonds. The van der Waals surface area contributed by atoms with Crippen LogP contribution in [-0.2, 0) is 17.6 Å². The van der Waals surface area contributed by atoms with Crippen LogP contribution in [0.5, 0.6) is 0 Å². The number of hydrogen-bond acceptors (Lipinski definition) is 2. The van der Waals surface area contributed by atoms with Gasteiger partial charge in [0, 0.05) is 17.8 Å². The molecule has 2 aromatic rings. The first-order chi connectivity index (χ1) is 10.2. The highest BCUT2D eigenvalue weighted by molar-refractivity contribution is 6.08. The van der Waals surface area contributed by atoms with Crippen LogP contribution in [0, 0.1) is 0 Å². The molecule has 2 aliphatic heterocycles. The van der Waals surface area contributed by atoms with Crippen LogP contribution in [0.2, 0.25) is 0 Å². The van der Waals surface area contributed by atoms with Gasteiger partial charge < -0.3 is 10.2 Å². The summed E-state index contributed by atoms with van der Waals surface area (Å²) < 4.78 is 0. The maximum Gasteiger partial charge on any atom is 0.255 e. The highest BCUT2D eigenvalue weighted by Crippen LogP contribution is 2.38. The molecule has 104 valence electrons. The van der Waals surface area contributed by atoms with Crippen LogP contribution < -0.4 is 10.2 Å². The van der Waals surface area contributed by atoms with Crippen molar-refractivity contribution in [1.29, 1.82) is 0 Å². The fraction of sp³-hybridized carbons (Fsp3) is 0.176. The number of para-hydroxylation sites is 1. The molecule has 0 fully saturated rings. The van der Waals surface area contributed by atoms with Crippen LogP contribution >= 0.6 is 0 Å². The Hall–Kier alpha value is -2.62. The maximum atomic E-state index is 12.4. The van der Waals surface area contributed by atoms with Crippen molar-refractivity contribution >= 4 is 23.2 Å². The van der Waals surface area contributed by atoms with Crippen molar-refractivity contribution in [2.75, 3.05) is 16.8 Å². The summed E-state index contributed by atoms with van der Waals surface area (Å²) in [6, 6.07) is 13.1. The Kier molecular flexibility index (Phi) is 2.57. The lowest BCUT2D eigenvalue weighted by Gasteiger charge is -2.10. The number of nitrogens with one attached hydrogen (secondary N) is 1. The lowest BCUT2D eigenvalue weighted by atomic mass is 10.0. The minimum atomic E-state index is -0.127. The topological polar surface area (TPSA) is 49.4 Å². The van der Waals surface area contributed by atoms with E-state index in [1.165, 1.54) is 0 Å². The van der Waals surface area contributed by atoms with Gasteiger partial charge in [-0.25, -0.2) is 0 Å². The van der Waals surface area contributed by atoms with Gasteiger partial charge in [-0.2, -0.15) is 0 Å². The number of amides is 2. The molecule has 0 radical (unpaired) electrons. The first-order valence-corrected chi connectivity index (χ1v) is 7.05. The van der Waals surface area contributed by atoms with Gasteiger partial charge in [-0.3, -0.25) is 9.59 Å². The van der Waals surface area contributed by atoms with E-state index < -0.39 is 0 Å². The number of hydrogen-bond donors (Lipinski definition) is 1. The Morgan fingerprint density at radius 1 is 1.10 bits per heavy atom. The summed E-state index contributed by atoms with van der Waals surface area (Å²) in [6.45, 7) is 0.741. The van der Waals surface area contributed by atoms with Crippen LogP contribution in [0.3, 0.4) is 0 Å². The van der Waals surface area contributed by atoms with Crippen molar-refractivity contribution < 1.29 is 9.59 Å². The van der Waals surface area contributed by atoms with Crippen molar-refractivity contribution in [3.63, 3.8) is 0 Å². The van der Waals surface area contributed by atoms with Crippen molar-refractivity contribution in [2.24, 2.45) is 0 Å². The zero-order chi connectivity index (χ0) is 14.4. The van der Waals surface area contributed by atoms with Gasteiger partial charge in [0.25, 0.3) is 5.91 Å². The number of carbonyl (C=O) groups is 2. The highest BCUT2D eigenvalue weighted by atomic mass is 16.2. The molecule has 0 atom stereocenters. The van der Waals surface area contributed by atoms with E-state index in [4.69, 9.17) is 0 Å². The van der Waals surface area contributed by atoms with E-state index in [9.17, 15) is 9.59 Å². The van der Waals surface area contributed by atoms with Crippen LogP contribution in [-0.4, -0.2) is 18.4 Å². The average molecular weight is 278 g/mol. The van der Waals surface area contributed by atoms with Crippen molar-refractivity contribution in [2.45, 2.75) is 12.8 Å². The monoisotopic (exact) mass is 278 g/mol. The molecule has 0 saturated carbocycles. The standard InChI is InChI=1S/C17H14N2O2/c20-15-10-12-9-13(8-11-6-7-19(15)16(11)12)17(21)18-14-4-2-1-3-5-14/h1-5,8-9H,6-7,10H2,(H,18,21). The van der Waals surface area contributed by atoms with Gasteiger partial charge >= 0.3 is 0 Å². The van der Waals surface area contributed by atoms with Crippen molar-refractivity contribution in [3.8, 4) is 0 Å². The molecule has 21 heavy (non-hydrogen) atoms. The zero-order valence-electron chi connectivity index (χ0n) is 11.4. The Morgan fingerprint density at radius 2 is 1.86 bits per heavy atom. The van der Waals surface area contributed by atoms with Gasteiger partial charge in [0.2, 0.25) is 5.91 Å². The second kappa shape index (κ2) is 4.45. The predicted molar refractivity (Wildman–Crippen MR) is 80.6 cm³/mol. The lowest BCUT2D eigenvalue weighted by molar-refractivity contribution is -0.117. The number of benzene rings is 2. The van der Waals surface area contributed by atoms with Gasteiger partial charge in [0.05, 0.1) is 12.1 Å². The molecule has 2 aliphatic rings. The maximum absolute atomic E-state index is 12.4. The molecule has 0 unspecified atom stereocenters. The summed E-state index contributed by atoms with van der Waals surface area (Å²) in [7, 11) is 0. The van der Waals surface area contributed by atoms with Crippen LogP contribution in [0.25, 0.3) is 0 Å². The zero-order valence-corrected chi connectivity index (χ0v) is 11.4. The number of nitrogens with zero attached hydrogens (tertiary/aromatic N) is 1. The number of rotatable bonds is 2. The third kappa shape index (κ3) is 1.91. The van der Waals surface area contributed by atoms with Crippen LogP contribution in [0.1, 0.15) is 21.5 Å². The van der Waals surface area contributed by atoms with E-state index in [0.717, 1.165) is 35.5 Å². The Balaban J connectivity index is 1.67. The van der Waals surface area contributed by atoms with Gasteiger partial charge in [-0.05, 0) is 41.8 Å². The SMILES string of the molecule is O=C(Nc1ccccc1)c1cc2c3c(c1)CC(=O)N3CC2. The van der Waals surface area contributed by atoms with Gasteiger partial charge in [0.15, 0.2) is 0 Å². The third-order valence-electron chi connectivity index (χ3n) is 4.08. The fourth-order valence-electron chi connectivity index (χ4n) is 3.14. The van der Waals surface area contributed by atoms with Gasteiger partial charge in [-0.1, -0.05) is 18.2 Å². The average Bonchev–Trinajstić information content (AvgIpc) is 3.05. The highest BCUT2D eigenvalue weighted by Gasteiger charge is 2.34. The van der Waals surface area contributed by atoms with Crippen LogP contribution in [0.15, 0.2) is 42.5 Å². The molecular weight excluding hydrogens is 264 g/mol. The summed E-state index contributed by atoms with van der Waals surface area (Å²) in [5.74, 6) is 0.0161. The van der Waals surface area contributed by atoms with E-state index in [1.807, 2.05) is 47.4 Å². The first-order valence-electron chi connectivity index (χ1n) is 7.05. The Morgan fingerprint density at radius 3 is 2.67 bits per heavy atom. The molecular formula is C17H14N2O2. The Bertz CT molecular complexity index is 753. The number of carbonyl (C=O) groups excluding carboxylic acids is 2. The number of anilines is 2. The molecule has 4 rings (SSSR count). The molecule has 2 aromatic carbocycles. The largest absolute Gasteiger partial charge is 0.322 e. The predicted octanol–water partition coefficient (Wildman–Crippen LogP) is 2.38. The van der Waals surface area contributed by atoms with E-state index in [1.54, 1.807) is 0 Å². The Labute approximate surface area is 122 Å². The summed E-state index contributed by atoms with van der Waals surface area (Å²) in [6.07, 6.45) is 1.25. The summed E-state index contributed by atoms with van der Waals surface area (Å²) in [5.41, 5.74) is 4.53. The van der Waals surface area contributed by atoms with E-state index in [2.05, 4.69) is 5.32 Å². The summed E-state index contributed by atoms with van der Waals surface area (Å²) in [4.78, 5) is 26.1. The van der Waals surface area contributed by atoms with Crippen LogP contribution in [0.4, 0.5) is 11.4 Å².